The number of rotatable bonds is 16. The monoisotopic (exact) mass is 810 g/mol. The van der Waals surface area contributed by atoms with Crippen LogP contribution in [0, 0.1) is 13.8 Å². The molecule has 50 heavy (non-hydrogen) atoms. The number of hydrogen-bond acceptors (Lipinski definition) is 7. The second kappa shape index (κ2) is 16.2. The molecule has 5 N–H and O–H groups in total. The van der Waals surface area contributed by atoms with Gasteiger partial charge in [0.25, 0.3) is 0 Å². The number of carbonyl (C=O) groups is 3. The molecule has 0 spiro atoms. The molecule has 4 aromatic carbocycles. The molecule has 0 fully saturated rings. The van der Waals surface area contributed by atoms with E-state index in [2.05, 4.69) is 68.5 Å². The van der Waals surface area contributed by atoms with Crippen molar-refractivity contribution in [2.45, 2.75) is 72.0 Å². The zero-order valence-corrected chi connectivity index (χ0v) is 31.6. The number of nitrogens with one attached hydrogen (secondary N) is 2. The third-order valence-electron chi connectivity index (χ3n) is 8.71. The fourth-order valence-electron chi connectivity index (χ4n) is 5.04. The van der Waals surface area contributed by atoms with Crippen molar-refractivity contribution in [3.63, 3.8) is 0 Å². The smallest absolute Gasteiger partial charge is 0.335 e. The normalized spacial score (nSPS) is 11.7. The quantitative estimate of drug-likeness (QED) is 0.0714. The summed E-state index contributed by atoms with van der Waals surface area (Å²) in [5, 5.41) is 33.7. The number of hydrogen-bond donors (Lipinski definition) is 5. The van der Waals surface area contributed by atoms with Gasteiger partial charge in [0.1, 0.15) is 30.3 Å². The highest BCUT2D eigenvalue weighted by Crippen LogP contribution is 2.33. The fraction of sp³-hybridized carbons (Fsp3) is 0.289. The topological polar surface area (TPSA) is 154 Å². The summed E-state index contributed by atoms with van der Waals surface area (Å²) < 4.78 is 13.8. The maximum atomic E-state index is 11.5. The molecule has 0 bridgehead atoms. The molecular formula is C38H40Br2N2O8. The van der Waals surface area contributed by atoms with E-state index < -0.39 is 29.0 Å². The first-order valence-electron chi connectivity index (χ1n) is 15.7. The highest BCUT2D eigenvalue weighted by Gasteiger charge is 2.41. The molecule has 4 rings (SSSR count). The molecule has 0 aromatic heterocycles. The zero-order chi connectivity index (χ0) is 36.8. The molecule has 10 nitrogen and oxygen atoms in total. The highest BCUT2D eigenvalue weighted by molar-refractivity contribution is 9.10. The third-order valence-corrected chi connectivity index (χ3v) is 9.95. The SMILES string of the molecule is Cc1c(COc2ccc(CNC(C)(C)C(=O)O)cc2Br)cccc1-c1cccc(COc2ccc(CNC(C)(C(=O)O)C(=O)O)cc2Br)c1C. The second-order valence-corrected chi connectivity index (χ2v) is 14.4. The highest BCUT2D eigenvalue weighted by atomic mass is 79.9. The van der Waals surface area contributed by atoms with Crippen LogP contribution in [-0.4, -0.2) is 44.3 Å². The van der Waals surface area contributed by atoms with Crippen LogP contribution >= 0.6 is 31.9 Å². The van der Waals surface area contributed by atoms with Crippen molar-refractivity contribution in [1.29, 1.82) is 0 Å². The van der Waals surface area contributed by atoms with Crippen LogP contribution in [0.3, 0.4) is 0 Å². The predicted octanol–water partition coefficient (Wildman–Crippen LogP) is 7.62. The first-order chi connectivity index (χ1) is 23.5. The second-order valence-electron chi connectivity index (χ2n) is 12.7. The molecule has 0 heterocycles. The number of halogens is 2. The van der Waals surface area contributed by atoms with Crippen molar-refractivity contribution in [2.24, 2.45) is 0 Å². The third kappa shape index (κ3) is 9.11. The first-order valence-corrected chi connectivity index (χ1v) is 17.3. The van der Waals surface area contributed by atoms with Gasteiger partial charge in [-0.3, -0.25) is 15.4 Å². The van der Waals surface area contributed by atoms with Crippen molar-refractivity contribution < 1.29 is 39.2 Å². The van der Waals surface area contributed by atoms with E-state index in [0.29, 0.717) is 41.3 Å². The summed E-state index contributed by atoms with van der Waals surface area (Å²) in [5.41, 5.74) is 4.83. The van der Waals surface area contributed by atoms with Crippen LogP contribution in [0.25, 0.3) is 11.1 Å². The molecule has 0 saturated carbocycles. The van der Waals surface area contributed by atoms with E-state index in [0.717, 1.165) is 50.3 Å². The van der Waals surface area contributed by atoms with Gasteiger partial charge in [-0.15, -0.1) is 0 Å². The number of ether oxygens (including phenoxy) is 2. The maximum absolute atomic E-state index is 11.5. The molecule has 4 aromatic rings. The van der Waals surface area contributed by atoms with Crippen molar-refractivity contribution in [3.05, 3.63) is 115 Å². The Balaban J connectivity index is 1.43. The van der Waals surface area contributed by atoms with Crippen LogP contribution in [0.15, 0.2) is 81.7 Å². The Morgan fingerprint density at radius 2 is 1.06 bits per heavy atom. The molecule has 0 aliphatic heterocycles. The molecule has 0 radical (unpaired) electrons. The Labute approximate surface area is 308 Å². The molecule has 12 heteroatoms. The zero-order valence-electron chi connectivity index (χ0n) is 28.4. The van der Waals surface area contributed by atoms with Crippen molar-refractivity contribution in [1.82, 2.24) is 10.6 Å². The lowest BCUT2D eigenvalue weighted by molar-refractivity contribution is -0.158. The number of carboxylic acids is 3. The molecule has 264 valence electrons. The van der Waals surface area contributed by atoms with E-state index in [1.165, 1.54) is 0 Å². The van der Waals surface area contributed by atoms with Gasteiger partial charge in [-0.05, 0) is 135 Å². The lowest BCUT2D eigenvalue weighted by Gasteiger charge is -2.21. The molecular weight excluding hydrogens is 772 g/mol. The standard InChI is InChI=1S/C38H40Br2N2O8/c1-22-26(20-49-32-14-12-24(16-30(32)39)18-41-37(3,4)34(43)44)8-6-10-28(22)29-11-7-9-27(23(29)2)21-50-33-15-13-25(17-31(33)40)19-42-38(5,35(45)46)36(47)48/h6-17,41-42H,18-21H2,1-5H3,(H,43,44)(H,45,46)(H,47,48). The van der Waals surface area contributed by atoms with E-state index in [1.807, 2.05) is 42.5 Å². The van der Waals surface area contributed by atoms with Gasteiger partial charge in [0.15, 0.2) is 0 Å². The fourth-order valence-corrected chi connectivity index (χ4v) is 6.12. The van der Waals surface area contributed by atoms with Crippen LogP contribution < -0.4 is 20.1 Å². The van der Waals surface area contributed by atoms with E-state index in [-0.39, 0.29) is 6.54 Å². The van der Waals surface area contributed by atoms with Gasteiger partial charge in [-0.1, -0.05) is 48.5 Å². The average molecular weight is 813 g/mol. The van der Waals surface area contributed by atoms with Gasteiger partial charge in [0.05, 0.1) is 8.95 Å². The molecule has 0 amide bonds. The summed E-state index contributed by atoms with van der Waals surface area (Å²) in [6.07, 6.45) is 0. The van der Waals surface area contributed by atoms with Crippen molar-refractivity contribution in [2.75, 3.05) is 0 Å². The summed E-state index contributed by atoms with van der Waals surface area (Å²) in [4.78, 5) is 34.3. The van der Waals surface area contributed by atoms with Crippen molar-refractivity contribution in [3.8, 4) is 22.6 Å². The van der Waals surface area contributed by atoms with Gasteiger partial charge in [0, 0.05) is 13.1 Å². The largest absolute Gasteiger partial charge is 0.488 e. The Morgan fingerprint density at radius 1 is 0.640 bits per heavy atom. The van der Waals surface area contributed by atoms with E-state index in [4.69, 9.17) is 9.47 Å². The van der Waals surface area contributed by atoms with Gasteiger partial charge < -0.3 is 24.8 Å². The molecule has 0 saturated heterocycles. The van der Waals surface area contributed by atoms with Crippen LogP contribution in [0.2, 0.25) is 0 Å². The Bertz CT molecular complexity index is 1900. The van der Waals surface area contributed by atoms with Crippen LogP contribution in [0.1, 0.15) is 54.2 Å². The van der Waals surface area contributed by atoms with Gasteiger partial charge >= 0.3 is 17.9 Å². The maximum Gasteiger partial charge on any atom is 0.335 e. The Morgan fingerprint density at radius 3 is 1.44 bits per heavy atom. The van der Waals surface area contributed by atoms with Gasteiger partial charge in [0.2, 0.25) is 5.54 Å². The lowest BCUT2D eigenvalue weighted by atomic mass is 9.92. The van der Waals surface area contributed by atoms with Crippen LogP contribution in [0.4, 0.5) is 0 Å². The lowest BCUT2D eigenvalue weighted by Crippen LogP contribution is -2.55. The van der Waals surface area contributed by atoms with Crippen LogP contribution in [-0.2, 0) is 40.7 Å². The molecule has 0 aliphatic carbocycles. The molecule has 0 unspecified atom stereocenters. The minimum Gasteiger partial charge on any atom is -0.488 e. The van der Waals surface area contributed by atoms with E-state index in [1.54, 1.807) is 32.0 Å². The Hall–Kier alpha value is -4.23. The minimum atomic E-state index is -2.11. The predicted molar refractivity (Wildman–Crippen MR) is 197 cm³/mol. The van der Waals surface area contributed by atoms with Gasteiger partial charge in [-0.25, -0.2) is 9.59 Å². The Kier molecular flexibility index (Phi) is 12.5. The van der Waals surface area contributed by atoms with Crippen LogP contribution in [0.5, 0.6) is 11.5 Å². The number of benzene rings is 4. The molecule has 0 aliphatic rings. The van der Waals surface area contributed by atoms with E-state index in [9.17, 15) is 29.7 Å². The summed E-state index contributed by atoms with van der Waals surface area (Å²) in [6, 6.07) is 23.2. The number of aliphatic carboxylic acids is 3. The first kappa shape index (κ1) is 38.6. The summed E-state index contributed by atoms with van der Waals surface area (Å²) >= 11 is 7.12. The minimum absolute atomic E-state index is 0.0364. The number of carboxylic acid groups (broad SMARTS) is 3. The van der Waals surface area contributed by atoms with Gasteiger partial charge in [-0.2, -0.15) is 0 Å². The summed E-state index contributed by atoms with van der Waals surface area (Å²) in [6.45, 7) is 9.60. The molecule has 0 atom stereocenters. The summed E-state index contributed by atoms with van der Waals surface area (Å²) in [7, 11) is 0. The summed E-state index contributed by atoms with van der Waals surface area (Å²) in [5.74, 6) is -2.58. The van der Waals surface area contributed by atoms with E-state index >= 15 is 0 Å². The average Bonchev–Trinajstić information content (AvgIpc) is 3.06. The van der Waals surface area contributed by atoms with Crippen molar-refractivity contribution >= 4 is 49.8 Å².